The SMILES string of the molecule is Cc1cc(-c2ccc3ccc4cccc5ccc2c3c45)cc2c1-c1cc3c(cc1C2(C)C)-c1ccc(-c2ccc4ccc5cccc6ccc2c4c56)cc1C3(C)C. The van der Waals surface area contributed by atoms with Crippen molar-refractivity contribution in [3.63, 3.8) is 0 Å². The van der Waals surface area contributed by atoms with Gasteiger partial charge < -0.3 is 0 Å². The zero-order valence-corrected chi connectivity index (χ0v) is 32.9. The quantitative estimate of drug-likeness (QED) is 0.156. The van der Waals surface area contributed by atoms with Crippen molar-refractivity contribution in [3.05, 3.63) is 179 Å². The Kier molecular flexibility index (Phi) is 5.81. The van der Waals surface area contributed by atoms with Gasteiger partial charge in [-0.3, -0.25) is 0 Å². The maximum absolute atomic E-state index is 2.57. The standard InChI is InChI=1S/C57H40/c1-31-26-39(41-22-17-37-15-13-33-9-7-11-35-19-25-44(41)55(37)53(33)35)28-50-51(31)46-30-48-45(29-49(46)57(50,4)5)42-23-20-38(27-47(42)56(48,2)3)40-21-16-36-14-12-32-8-6-10-34-18-24-43(40)54(36)52(32)34/h6-30H,1-5H3. The van der Waals surface area contributed by atoms with E-state index >= 15 is 0 Å². The second-order valence-corrected chi connectivity index (χ2v) is 18.1. The van der Waals surface area contributed by atoms with Gasteiger partial charge in [0.15, 0.2) is 0 Å². The van der Waals surface area contributed by atoms with Gasteiger partial charge >= 0.3 is 0 Å². The van der Waals surface area contributed by atoms with Crippen LogP contribution < -0.4 is 0 Å². The summed E-state index contributed by atoms with van der Waals surface area (Å²) in [5.74, 6) is 0. The summed E-state index contributed by atoms with van der Waals surface area (Å²) in [4.78, 5) is 0. The number of benzene rings is 11. The maximum atomic E-state index is 2.57. The zero-order chi connectivity index (χ0) is 38.1. The zero-order valence-electron chi connectivity index (χ0n) is 32.9. The molecule has 0 aliphatic heterocycles. The highest BCUT2D eigenvalue weighted by Crippen LogP contribution is 2.58. The molecule has 0 radical (unpaired) electrons. The van der Waals surface area contributed by atoms with Crippen LogP contribution in [0.15, 0.2) is 152 Å². The molecule has 2 aliphatic carbocycles. The molecule has 0 atom stereocenters. The second-order valence-electron chi connectivity index (χ2n) is 18.1. The van der Waals surface area contributed by atoms with Crippen LogP contribution in [0.4, 0.5) is 0 Å². The van der Waals surface area contributed by atoms with Crippen LogP contribution in [0.1, 0.15) is 55.5 Å². The van der Waals surface area contributed by atoms with E-state index in [-0.39, 0.29) is 10.8 Å². The molecule has 0 spiro atoms. The van der Waals surface area contributed by atoms with Gasteiger partial charge in [-0.2, -0.15) is 0 Å². The number of hydrogen-bond acceptors (Lipinski definition) is 0. The van der Waals surface area contributed by atoms with E-state index in [4.69, 9.17) is 0 Å². The van der Waals surface area contributed by atoms with Gasteiger partial charge in [-0.1, -0.05) is 155 Å². The van der Waals surface area contributed by atoms with E-state index in [9.17, 15) is 0 Å². The fraction of sp³-hybridized carbons (Fsp3) is 0.123. The van der Waals surface area contributed by atoms with Crippen molar-refractivity contribution in [1.82, 2.24) is 0 Å². The van der Waals surface area contributed by atoms with Crippen LogP contribution in [0.25, 0.3) is 109 Å². The van der Waals surface area contributed by atoms with Gasteiger partial charge in [-0.25, -0.2) is 0 Å². The molecule has 0 heteroatoms. The summed E-state index contributed by atoms with van der Waals surface area (Å²) in [7, 11) is 0. The first kappa shape index (κ1) is 31.7. The first-order valence-corrected chi connectivity index (χ1v) is 20.5. The van der Waals surface area contributed by atoms with Crippen molar-refractivity contribution < 1.29 is 0 Å². The lowest BCUT2D eigenvalue weighted by atomic mass is 9.78. The molecular formula is C57H40. The Morgan fingerprint density at radius 3 is 1.33 bits per heavy atom. The highest BCUT2D eigenvalue weighted by Gasteiger charge is 2.42. The van der Waals surface area contributed by atoms with Crippen molar-refractivity contribution in [2.45, 2.75) is 45.4 Å². The van der Waals surface area contributed by atoms with Crippen molar-refractivity contribution in [3.8, 4) is 44.5 Å². The first-order valence-electron chi connectivity index (χ1n) is 20.5. The van der Waals surface area contributed by atoms with Gasteiger partial charge in [0.05, 0.1) is 0 Å². The Morgan fingerprint density at radius 2 is 0.737 bits per heavy atom. The lowest BCUT2D eigenvalue weighted by molar-refractivity contribution is 0.652. The van der Waals surface area contributed by atoms with Gasteiger partial charge in [0.1, 0.15) is 0 Å². The summed E-state index contributed by atoms with van der Waals surface area (Å²) >= 11 is 0. The monoisotopic (exact) mass is 724 g/mol. The molecule has 0 fully saturated rings. The average molecular weight is 725 g/mol. The summed E-state index contributed by atoms with van der Waals surface area (Å²) in [6, 6.07) is 58.4. The summed E-state index contributed by atoms with van der Waals surface area (Å²) in [6.07, 6.45) is 0. The van der Waals surface area contributed by atoms with Gasteiger partial charge in [0.25, 0.3) is 0 Å². The second kappa shape index (κ2) is 10.5. The molecule has 0 amide bonds. The van der Waals surface area contributed by atoms with Crippen LogP contribution in [-0.2, 0) is 10.8 Å². The molecule has 11 aromatic rings. The van der Waals surface area contributed by atoms with E-state index in [1.54, 1.807) is 0 Å². The highest BCUT2D eigenvalue weighted by atomic mass is 14.5. The largest absolute Gasteiger partial charge is 0.0610 e. The number of rotatable bonds is 2. The molecule has 0 nitrogen and oxygen atoms in total. The van der Waals surface area contributed by atoms with Crippen molar-refractivity contribution in [2.24, 2.45) is 0 Å². The normalized spacial score (nSPS) is 15.0. The lowest BCUT2D eigenvalue weighted by Crippen LogP contribution is -2.17. The van der Waals surface area contributed by atoms with Gasteiger partial charge in [0.2, 0.25) is 0 Å². The van der Waals surface area contributed by atoms with Crippen molar-refractivity contribution in [1.29, 1.82) is 0 Å². The summed E-state index contributed by atoms with van der Waals surface area (Å²) in [5.41, 5.74) is 17.6. The Morgan fingerprint density at radius 1 is 0.316 bits per heavy atom. The third-order valence-electron chi connectivity index (χ3n) is 14.4. The topological polar surface area (TPSA) is 0 Å². The Bertz CT molecular complexity index is 3540. The number of hydrogen-bond donors (Lipinski definition) is 0. The predicted octanol–water partition coefficient (Wildman–Crippen LogP) is 15.7. The van der Waals surface area contributed by atoms with Crippen molar-refractivity contribution in [2.75, 3.05) is 0 Å². The molecule has 0 bridgehead atoms. The van der Waals surface area contributed by atoms with Crippen LogP contribution in [0, 0.1) is 6.92 Å². The number of fused-ring (bicyclic) bond motifs is 6. The molecule has 11 aromatic carbocycles. The fourth-order valence-electron chi connectivity index (χ4n) is 11.6. The minimum Gasteiger partial charge on any atom is -0.0610 e. The van der Waals surface area contributed by atoms with E-state index < -0.39 is 0 Å². The Hall–Kier alpha value is -6.50. The Labute approximate surface area is 332 Å². The van der Waals surface area contributed by atoms with E-state index in [0.29, 0.717) is 0 Å². The van der Waals surface area contributed by atoms with Gasteiger partial charge in [0, 0.05) is 10.8 Å². The lowest BCUT2D eigenvalue weighted by Gasteiger charge is -2.24. The average Bonchev–Trinajstić information content (AvgIpc) is 3.59. The van der Waals surface area contributed by atoms with Crippen molar-refractivity contribution >= 4 is 64.6 Å². The first-order chi connectivity index (χ1) is 27.7. The third-order valence-corrected chi connectivity index (χ3v) is 14.4. The van der Waals surface area contributed by atoms with Crippen LogP contribution in [0.3, 0.4) is 0 Å². The molecule has 0 unspecified atom stereocenters. The molecule has 0 aromatic heterocycles. The molecular weight excluding hydrogens is 685 g/mol. The van der Waals surface area contributed by atoms with Crippen LogP contribution >= 0.6 is 0 Å². The highest BCUT2D eigenvalue weighted by molar-refractivity contribution is 6.26. The van der Waals surface area contributed by atoms with E-state index in [1.807, 2.05) is 0 Å². The van der Waals surface area contributed by atoms with E-state index in [2.05, 4.69) is 186 Å². The molecule has 2 aliphatic rings. The number of aryl methyl sites for hydroxylation is 1. The minimum absolute atomic E-state index is 0.137. The smallest absolute Gasteiger partial charge is 0.0159 e. The molecule has 0 saturated heterocycles. The molecule has 268 valence electrons. The maximum Gasteiger partial charge on any atom is 0.0159 e. The summed E-state index contributed by atoms with van der Waals surface area (Å²) in [5, 5.41) is 16.0. The molecule has 0 N–H and O–H groups in total. The molecule has 0 saturated carbocycles. The molecule has 13 rings (SSSR count). The van der Waals surface area contributed by atoms with Crippen LogP contribution in [-0.4, -0.2) is 0 Å². The predicted molar refractivity (Wildman–Crippen MR) is 245 cm³/mol. The summed E-state index contributed by atoms with van der Waals surface area (Å²) < 4.78 is 0. The third kappa shape index (κ3) is 3.93. The van der Waals surface area contributed by atoms with E-state index in [1.165, 1.54) is 137 Å². The van der Waals surface area contributed by atoms with Crippen LogP contribution in [0.5, 0.6) is 0 Å². The summed E-state index contributed by atoms with van der Waals surface area (Å²) in [6.45, 7) is 12.1. The van der Waals surface area contributed by atoms with Crippen LogP contribution in [0.2, 0.25) is 0 Å². The molecule has 57 heavy (non-hydrogen) atoms. The molecule has 0 heterocycles. The minimum atomic E-state index is -0.140. The fourth-order valence-corrected chi connectivity index (χ4v) is 11.6. The van der Waals surface area contributed by atoms with Gasteiger partial charge in [-0.05, 0) is 168 Å². The Balaban J connectivity index is 0.950. The van der Waals surface area contributed by atoms with Gasteiger partial charge in [-0.15, -0.1) is 0 Å². The van der Waals surface area contributed by atoms with E-state index in [0.717, 1.165) is 0 Å².